The number of H-pyrrole nitrogens is 1. The van der Waals surface area contributed by atoms with E-state index in [-0.39, 0.29) is 0 Å². The van der Waals surface area contributed by atoms with Crippen molar-refractivity contribution in [3.05, 3.63) is 48.3 Å². The van der Waals surface area contributed by atoms with Gasteiger partial charge in [0.15, 0.2) is 0 Å². The molecule has 3 nitrogen and oxygen atoms in total. The van der Waals surface area contributed by atoms with Crippen LogP contribution in [-0.4, -0.2) is 16.6 Å². The summed E-state index contributed by atoms with van der Waals surface area (Å²) in [6.07, 6.45) is 3.96. The first-order chi connectivity index (χ1) is 11.2. The van der Waals surface area contributed by atoms with E-state index in [1.165, 1.54) is 16.7 Å². The molecule has 0 radical (unpaired) electrons. The van der Waals surface area contributed by atoms with Gasteiger partial charge in [-0.05, 0) is 65.6 Å². The summed E-state index contributed by atoms with van der Waals surface area (Å²) >= 11 is 0. The molecule has 0 amide bonds. The molecule has 2 atom stereocenters. The number of fused-ring (bicyclic) bond motifs is 2. The van der Waals surface area contributed by atoms with Crippen molar-refractivity contribution in [3.63, 3.8) is 0 Å². The first-order valence-corrected chi connectivity index (χ1v) is 8.40. The Hall–Kier alpha value is -2.29. The lowest BCUT2D eigenvalue weighted by Gasteiger charge is -2.25. The van der Waals surface area contributed by atoms with Gasteiger partial charge < -0.3 is 9.72 Å². The Bertz CT molecular complexity index is 837. The fourth-order valence-electron chi connectivity index (χ4n) is 3.36. The Morgan fingerprint density at radius 3 is 2.78 bits per heavy atom. The lowest BCUT2D eigenvalue weighted by molar-refractivity contribution is 0.234. The maximum atomic E-state index is 5.98. The molecule has 2 aromatic carbocycles. The summed E-state index contributed by atoms with van der Waals surface area (Å²) < 4.78 is 5.98. The quantitative estimate of drug-likeness (QED) is 0.699. The van der Waals surface area contributed by atoms with Crippen LogP contribution in [0.5, 0.6) is 5.75 Å². The third kappa shape index (κ3) is 2.72. The zero-order chi connectivity index (χ0) is 15.8. The predicted octanol–water partition coefficient (Wildman–Crippen LogP) is 4.83. The maximum Gasteiger partial charge on any atom is 0.122 e. The van der Waals surface area contributed by atoms with Gasteiger partial charge in [-0.25, -0.2) is 4.98 Å². The smallest absolute Gasteiger partial charge is 0.122 e. The minimum Gasteiger partial charge on any atom is -0.493 e. The molecule has 0 bridgehead atoms. The number of hydrogen-bond acceptors (Lipinski definition) is 2. The van der Waals surface area contributed by atoms with E-state index in [1.54, 1.807) is 6.33 Å². The van der Waals surface area contributed by atoms with Crippen molar-refractivity contribution in [1.82, 2.24) is 9.97 Å². The number of aromatic nitrogens is 2. The van der Waals surface area contributed by atoms with Crippen LogP contribution in [0.15, 0.2) is 42.7 Å². The van der Waals surface area contributed by atoms with Crippen LogP contribution in [0.1, 0.15) is 25.8 Å². The Morgan fingerprint density at radius 1 is 1.04 bits per heavy atom. The van der Waals surface area contributed by atoms with E-state index in [4.69, 9.17) is 4.74 Å². The molecule has 0 saturated heterocycles. The zero-order valence-corrected chi connectivity index (χ0v) is 13.7. The molecule has 1 aliphatic rings. The molecule has 3 heteroatoms. The van der Waals surface area contributed by atoms with Gasteiger partial charge in [0.2, 0.25) is 0 Å². The second-order valence-corrected chi connectivity index (χ2v) is 6.75. The predicted molar refractivity (Wildman–Crippen MR) is 93.7 cm³/mol. The lowest BCUT2D eigenvalue weighted by atomic mass is 9.86. The monoisotopic (exact) mass is 306 g/mol. The van der Waals surface area contributed by atoms with Gasteiger partial charge in [-0.2, -0.15) is 0 Å². The highest BCUT2D eigenvalue weighted by atomic mass is 16.5. The summed E-state index contributed by atoms with van der Waals surface area (Å²) in [5.41, 5.74) is 5.86. The van der Waals surface area contributed by atoms with Gasteiger partial charge in [0.25, 0.3) is 0 Å². The fraction of sp³-hybridized carbons (Fsp3) is 0.350. The van der Waals surface area contributed by atoms with Gasteiger partial charge >= 0.3 is 0 Å². The van der Waals surface area contributed by atoms with Gasteiger partial charge in [0.1, 0.15) is 5.75 Å². The number of benzene rings is 2. The van der Waals surface area contributed by atoms with E-state index in [0.29, 0.717) is 11.8 Å². The third-order valence-electron chi connectivity index (χ3n) is 5.16. The van der Waals surface area contributed by atoms with Crippen molar-refractivity contribution < 1.29 is 4.74 Å². The summed E-state index contributed by atoms with van der Waals surface area (Å²) in [5.74, 6) is 2.44. The topological polar surface area (TPSA) is 37.9 Å². The Kier molecular flexibility index (Phi) is 3.56. The van der Waals surface area contributed by atoms with E-state index >= 15 is 0 Å². The van der Waals surface area contributed by atoms with E-state index in [2.05, 4.69) is 60.2 Å². The fourth-order valence-corrected chi connectivity index (χ4v) is 3.36. The minimum absolute atomic E-state index is 0.683. The molecule has 0 spiro atoms. The number of imidazole rings is 1. The van der Waals surface area contributed by atoms with Crippen LogP contribution in [-0.2, 0) is 6.42 Å². The Labute approximate surface area is 136 Å². The highest BCUT2D eigenvalue weighted by Gasteiger charge is 2.19. The van der Waals surface area contributed by atoms with Gasteiger partial charge in [-0.3, -0.25) is 0 Å². The van der Waals surface area contributed by atoms with E-state index in [1.807, 2.05) is 0 Å². The summed E-state index contributed by atoms with van der Waals surface area (Å²) in [5, 5.41) is 0. The Morgan fingerprint density at radius 2 is 1.87 bits per heavy atom. The van der Waals surface area contributed by atoms with Crippen molar-refractivity contribution in [2.75, 3.05) is 6.61 Å². The summed E-state index contributed by atoms with van der Waals surface area (Å²) in [6, 6.07) is 13.0. The van der Waals surface area contributed by atoms with Crippen molar-refractivity contribution in [2.24, 2.45) is 11.8 Å². The second-order valence-electron chi connectivity index (χ2n) is 6.75. The second kappa shape index (κ2) is 5.73. The van der Waals surface area contributed by atoms with Crippen LogP contribution in [0, 0.1) is 11.8 Å². The molecule has 23 heavy (non-hydrogen) atoms. The molecular formula is C20H22N2O. The Balaban J connectivity index is 1.74. The van der Waals surface area contributed by atoms with Crippen LogP contribution in [0.4, 0.5) is 0 Å². The first kappa shape index (κ1) is 14.3. The largest absolute Gasteiger partial charge is 0.493 e. The molecule has 0 fully saturated rings. The van der Waals surface area contributed by atoms with Gasteiger partial charge in [0, 0.05) is 0 Å². The average Bonchev–Trinajstić information content (AvgIpc) is 3.02. The SMILES string of the molecule is CC1CCOc2ccc(-c3ccc4nc[nH]c4c3)cc2CC1C. The molecular weight excluding hydrogens is 284 g/mol. The van der Waals surface area contributed by atoms with Crippen LogP contribution < -0.4 is 4.74 Å². The summed E-state index contributed by atoms with van der Waals surface area (Å²) in [6.45, 7) is 5.50. The van der Waals surface area contributed by atoms with Crippen LogP contribution >= 0.6 is 0 Å². The standard InChI is InChI=1S/C20H22N2O/c1-13-7-8-23-20-6-4-15(10-17(20)9-14(13)2)16-3-5-18-19(11-16)22-12-21-18/h3-6,10-14H,7-9H2,1-2H3,(H,21,22). The number of nitrogens with one attached hydrogen (secondary N) is 1. The molecule has 2 unspecified atom stereocenters. The van der Waals surface area contributed by atoms with Crippen molar-refractivity contribution in [3.8, 4) is 16.9 Å². The normalized spacial score (nSPS) is 21.3. The molecule has 2 heterocycles. The van der Waals surface area contributed by atoms with Crippen molar-refractivity contribution >= 4 is 11.0 Å². The zero-order valence-electron chi connectivity index (χ0n) is 13.7. The molecule has 1 aromatic heterocycles. The molecule has 1 aliphatic heterocycles. The molecule has 3 aromatic rings. The highest BCUT2D eigenvalue weighted by Crippen LogP contribution is 2.33. The first-order valence-electron chi connectivity index (χ1n) is 8.40. The van der Waals surface area contributed by atoms with E-state index in [0.717, 1.165) is 36.2 Å². The third-order valence-corrected chi connectivity index (χ3v) is 5.16. The maximum absolute atomic E-state index is 5.98. The minimum atomic E-state index is 0.683. The number of nitrogens with zero attached hydrogens (tertiary/aromatic N) is 1. The van der Waals surface area contributed by atoms with Gasteiger partial charge in [-0.1, -0.05) is 26.0 Å². The summed E-state index contributed by atoms with van der Waals surface area (Å²) in [4.78, 5) is 7.48. The number of aromatic amines is 1. The number of rotatable bonds is 1. The number of hydrogen-bond donors (Lipinski definition) is 1. The molecule has 0 aliphatic carbocycles. The average molecular weight is 306 g/mol. The van der Waals surface area contributed by atoms with Crippen molar-refractivity contribution in [1.29, 1.82) is 0 Å². The highest BCUT2D eigenvalue weighted by molar-refractivity contribution is 5.81. The van der Waals surface area contributed by atoms with E-state index in [9.17, 15) is 0 Å². The molecule has 118 valence electrons. The molecule has 4 rings (SSSR count). The van der Waals surface area contributed by atoms with E-state index < -0.39 is 0 Å². The molecule has 0 saturated carbocycles. The number of ether oxygens (including phenoxy) is 1. The lowest BCUT2D eigenvalue weighted by Crippen LogP contribution is -2.18. The van der Waals surface area contributed by atoms with Crippen LogP contribution in [0.3, 0.4) is 0 Å². The summed E-state index contributed by atoms with van der Waals surface area (Å²) in [7, 11) is 0. The van der Waals surface area contributed by atoms with Crippen LogP contribution in [0.2, 0.25) is 0 Å². The van der Waals surface area contributed by atoms with Gasteiger partial charge in [0.05, 0.1) is 24.0 Å². The van der Waals surface area contributed by atoms with Crippen LogP contribution in [0.25, 0.3) is 22.2 Å². The van der Waals surface area contributed by atoms with Crippen molar-refractivity contribution in [2.45, 2.75) is 26.7 Å². The molecule has 1 N–H and O–H groups in total. The van der Waals surface area contributed by atoms with Gasteiger partial charge in [-0.15, -0.1) is 0 Å².